The van der Waals surface area contributed by atoms with Crippen LogP contribution in [0.25, 0.3) is 5.57 Å². The van der Waals surface area contributed by atoms with Crippen molar-refractivity contribution in [2.24, 2.45) is 0 Å². The predicted octanol–water partition coefficient (Wildman–Crippen LogP) is 3.19. The summed E-state index contributed by atoms with van der Waals surface area (Å²) in [7, 11) is 0. The highest BCUT2D eigenvalue weighted by Gasteiger charge is 2.24. The number of carbonyl (C=O) groups excluding carboxylic acids is 1. The highest BCUT2D eigenvalue weighted by molar-refractivity contribution is 6.11. The van der Waals surface area contributed by atoms with Gasteiger partial charge in [-0.05, 0) is 25.8 Å². The monoisotopic (exact) mass is 227 g/mol. The molecular weight excluding hydrogens is 210 g/mol. The number of amides is 1. The zero-order chi connectivity index (χ0) is 12.4. The van der Waals surface area contributed by atoms with Crippen molar-refractivity contribution in [1.29, 1.82) is 0 Å². The Morgan fingerprint density at radius 3 is 2.41 bits per heavy atom. The summed E-state index contributed by atoms with van der Waals surface area (Å²) in [4.78, 5) is 11.7. The minimum absolute atomic E-state index is 0.0141. The van der Waals surface area contributed by atoms with Crippen LogP contribution in [-0.4, -0.2) is 5.91 Å². The maximum Gasteiger partial charge on any atom is 0.252 e. The molecule has 2 heteroatoms. The molecule has 0 saturated carbocycles. The van der Waals surface area contributed by atoms with E-state index < -0.39 is 0 Å². The van der Waals surface area contributed by atoms with Crippen LogP contribution in [0.15, 0.2) is 41.6 Å². The number of aryl methyl sites for hydroxylation is 1. The van der Waals surface area contributed by atoms with Crippen molar-refractivity contribution in [3.63, 3.8) is 0 Å². The number of hydrogen-bond donors (Lipinski definition) is 1. The first kappa shape index (κ1) is 11.6. The topological polar surface area (TPSA) is 29.1 Å². The Bertz CT molecular complexity index is 506. The minimum Gasteiger partial charge on any atom is -0.322 e. The second kappa shape index (κ2) is 4.58. The summed E-state index contributed by atoms with van der Waals surface area (Å²) in [5, 5.41) is 2.92. The average Bonchev–Trinajstić information content (AvgIpc) is 2.57. The van der Waals surface area contributed by atoms with Gasteiger partial charge in [-0.25, -0.2) is 0 Å². The number of hydrogen-bond acceptors (Lipinski definition) is 1. The van der Waals surface area contributed by atoms with E-state index in [0.717, 1.165) is 28.8 Å². The normalized spacial score (nSPS) is 17.8. The van der Waals surface area contributed by atoms with Gasteiger partial charge in [0.2, 0.25) is 0 Å². The first-order valence-electron chi connectivity index (χ1n) is 5.93. The molecule has 0 aliphatic carbocycles. The summed E-state index contributed by atoms with van der Waals surface area (Å²) < 4.78 is 0. The van der Waals surface area contributed by atoms with Gasteiger partial charge in [0.25, 0.3) is 5.91 Å². The maximum absolute atomic E-state index is 11.7. The molecule has 0 bridgehead atoms. The van der Waals surface area contributed by atoms with Gasteiger partial charge >= 0.3 is 0 Å². The van der Waals surface area contributed by atoms with E-state index in [4.69, 9.17) is 0 Å². The van der Waals surface area contributed by atoms with Gasteiger partial charge in [-0.15, -0.1) is 0 Å². The van der Waals surface area contributed by atoms with Crippen LogP contribution in [-0.2, 0) is 4.79 Å². The fraction of sp³-hybridized carbons (Fsp3) is 0.267. The van der Waals surface area contributed by atoms with Gasteiger partial charge in [0.05, 0.1) is 0 Å². The van der Waals surface area contributed by atoms with Crippen molar-refractivity contribution in [3.8, 4) is 0 Å². The molecule has 0 fully saturated rings. The van der Waals surface area contributed by atoms with E-state index in [2.05, 4.69) is 49.5 Å². The third-order valence-electron chi connectivity index (χ3n) is 2.98. The predicted molar refractivity (Wildman–Crippen MR) is 70.3 cm³/mol. The van der Waals surface area contributed by atoms with E-state index in [1.807, 2.05) is 6.92 Å². The molecule has 0 radical (unpaired) electrons. The molecule has 0 aromatic heterocycles. The summed E-state index contributed by atoms with van der Waals surface area (Å²) >= 11 is 0. The molecule has 1 N–H and O–H groups in total. The lowest BCUT2D eigenvalue weighted by atomic mass is 9.99. The van der Waals surface area contributed by atoms with Crippen LogP contribution in [0.3, 0.4) is 0 Å². The number of benzene rings is 1. The molecule has 1 aliphatic rings. The fourth-order valence-corrected chi connectivity index (χ4v) is 2.04. The van der Waals surface area contributed by atoms with Gasteiger partial charge in [-0.3, -0.25) is 4.79 Å². The van der Waals surface area contributed by atoms with Gasteiger partial charge in [0.1, 0.15) is 0 Å². The molecule has 1 aromatic carbocycles. The molecule has 1 heterocycles. The van der Waals surface area contributed by atoms with E-state index in [9.17, 15) is 4.79 Å². The third kappa shape index (κ3) is 2.16. The van der Waals surface area contributed by atoms with Crippen molar-refractivity contribution in [3.05, 3.63) is 52.7 Å². The van der Waals surface area contributed by atoms with Gasteiger partial charge in [0, 0.05) is 16.8 Å². The minimum atomic E-state index is 0.0141. The summed E-state index contributed by atoms with van der Waals surface area (Å²) in [6.07, 6.45) is 2.97. The number of carbonyl (C=O) groups is 1. The first-order chi connectivity index (χ1) is 8.13. The second-order valence-corrected chi connectivity index (χ2v) is 4.35. The Kier molecular flexibility index (Phi) is 3.14. The zero-order valence-electron chi connectivity index (χ0n) is 10.5. The Morgan fingerprint density at radius 2 is 1.82 bits per heavy atom. The number of allylic oxidation sites excluding steroid dienone is 2. The van der Waals surface area contributed by atoms with Gasteiger partial charge < -0.3 is 5.32 Å². The fourth-order valence-electron chi connectivity index (χ4n) is 2.04. The van der Waals surface area contributed by atoms with Crippen LogP contribution in [0.2, 0.25) is 0 Å². The van der Waals surface area contributed by atoms with Gasteiger partial charge in [0.15, 0.2) is 0 Å². The Labute approximate surface area is 102 Å². The molecule has 2 nitrogen and oxygen atoms in total. The smallest absolute Gasteiger partial charge is 0.252 e. The Balaban J connectivity index is 2.50. The van der Waals surface area contributed by atoms with E-state index in [-0.39, 0.29) is 5.91 Å². The highest BCUT2D eigenvalue weighted by Crippen LogP contribution is 2.30. The van der Waals surface area contributed by atoms with Crippen molar-refractivity contribution in [1.82, 2.24) is 5.32 Å². The van der Waals surface area contributed by atoms with Crippen molar-refractivity contribution in [2.75, 3.05) is 0 Å². The van der Waals surface area contributed by atoms with Crippen LogP contribution in [0.5, 0.6) is 0 Å². The van der Waals surface area contributed by atoms with Gasteiger partial charge in [-0.1, -0.05) is 42.8 Å². The first-order valence-corrected chi connectivity index (χ1v) is 5.93. The van der Waals surface area contributed by atoms with Gasteiger partial charge in [-0.2, -0.15) is 0 Å². The molecule has 0 spiro atoms. The molecule has 1 aromatic rings. The highest BCUT2D eigenvalue weighted by atomic mass is 16.1. The largest absolute Gasteiger partial charge is 0.322 e. The summed E-state index contributed by atoms with van der Waals surface area (Å²) in [6.45, 7) is 6.01. The second-order valence-electron chi connectivity index (χ2n) is 4.35. The summed E-state index contributed by atoms with van der Waals surface area (Å²) in [5.41, 5.74) is 5.11. The molecule has 88 valence electrons. The van der Waals surface area contributed by atoms with Crippen molar-refractivity contribution >= 4 is 11.5 Å². The number of rotatable bonds is 2. The van der Waals surface area contributed by atoms with E-state index in [1.165, 1.54) is 5.56 Å². The van der Waals surface area contributed by atoms with E-state index >= 15 is 0 Å². The summed E-state index contributed by atoms with van der Waals surface area (Å²) in [6, 6.07) is 8.28. The maximum atomic E-state index is 11.7. The molecule has 2 rings (SSSR count). The van der Waals surface area contributed by atoms with Crippen LogP contribution in [0.4, 0.5) is 0 Å². The lowest BCUT2D eigenvalue weighted by molar-refractivity contribution is -0.116. The molecule has 0 atom stereocenters. The molecular formula is C15H17NO. The third-order valence-corrected chi connectivity index (χ3v) is 2.98. The molecule has 0 saturated heterocycles. The number of nitrogens with one attached hydrogen (secondary N) is 1. The summed E-state index contributed by atoms with van der Waals surface area (Å²) in [5.74, 6) is 0.0141. The molecule has 1 amide bonds. The van der Waals surface area contributed by atoms with E-state index in [1.54, 1.807) is 0 Å². The standard InChI is InChI=1S/C15H17NO/c1-4-5-13-14(11(3)15(17)16-13)12-8-6-10(2)7-9-12/h5-9H,4H2,1-3H3,(H,16,17)/b13-5+. The molecule has 1 aliphatic heterocycles. The lowest BCUT2D eigenvalue weighted by Gasteiger charge is -2.06. The van der Waals surface area contributed by atoms with Crippen LogP contribution >= 0.6 is 0 Å². The van der Waals surface area contributed by atoms with Crippen molar-refractivity contribution < 1.29 is 4.79 Å². The van der Waals surface area contributed by atoms with Crippen molar-refractivity contribution in [2.45, 2.75) is 27.2 Å². The zero-order valence-corrected chi connectivity index (χ0v) is 10.5. The molecule has 17 heavy (non-hydrogen) atoms. The molecule has 0 unspecified atom stereocenters. The quantitative estimate of drug-likeness (QED) is 0.826. The Hall–Kier alpha value is -1.83. The van der Waals surface area contributed by atoms with E-state index in [0.29, 0.717) is 0 Å². The average molecular weight is 227 g/mol. The van der Waals surface area contributed by atoms with Crippen LogP contribution in [0, 0.1) is 6.92 Å². The SMILES string of the molecule is CC/C=C1/NC(=O)C(C)=C1c1ccc(C)cc1. The van der Waals surface area contributed by atoms with Crippen LogP contribution < -0.4 is 5.32 Å². The Morgan fingerprint density at radius 1 is 1.18 bits per heavy atom. The van der Waals surface area contributed by atoms with Crippen LogP contribution in [0.1, 0.15) is 31.4 Å². The lowest BCUT2D eigenvalue weighted by Crippen LogP contribution is -2.15.